The molecule has 1 aliphatic heterocycles. The summed E-state index contributed by atoms with van der Waals surface area (Å²) in [6.07, 6.45) is 0.188. The van der Waals surface area contributed by atoms with Crippen molar-refractivity contribution in [3.63, 3.8) is 0 Å². The minimum absolute atomic E-state index is 0.0480. The third kappa shape index (κ3) is 3.51. The highest BCUT2D eigenvalue weighted by molar-refractivity contribution is 6.31. The van der Waals surface area contributed by atoms with E-state index in [1.165, 1.54) is 0 Å². The minimum atomic E-state index is -0.441. The minimum Gasteiger partial charge on any atom is -0.391 e. The third-order valence-corrected chi connectivity index (χ3v) is 3.74. The van der Waals surface area contributed by atoms with Crippen molar-refractivity contribution in [1.29, 1.82) is 0 Å². The van der Waals surface area contributed by atoms with Crippen LogP contribution in [0.15, 0.2) is 18.2 Å². The van der Waals surface area contributed by atoms with Gasteiger partial charge in [-0.3, -0.25) is 4.79 Å². The molecule has 0 radical (unpaired) electrons. The number of aryl methyl sites for hydroxylation is 1. The number of likely N-dealkylation sites (N-methyl/N-ethyl adjacent to an activating group) is 1. The molecule has 0 saturated carbocycles. The maximum absolute atomic E-state index is 12.6. The van der Waals surface area contributed by atoms with Gasteiger partial charge in [0.15, 0.2) is 0 Å². The van der Waals surface area contributed by atoms with E-state index in [2.05, 4.69) is 0 Å². The smallest absolute Gasteiger partial charge is 0.254 e. The Bertz CT molecular complexity index is 484. The molecule has 1 saturated heterocycles. The molecule has 2 rings (SSSR count). The topological polar surface area (TPSA) is 43.8 Å². The Labute approximate surface area is 124 Å². The summed E-state index contributed by atoms with van der Waals surface area (Å²) in [6, 6.07) is 5.40. The lowest BCUT2D eigenvalue weighted by Crippen LogP contribution is -2.41. The van der Waals surface area contributed by atoms with Crippen LogP contribution in [0.3, 0.4) is 0 Å². The Balaban J connectivity index is 2.22. The Hall–Kier alpha value is -1.10. The van der Waals surface area contributed by atoms with E-state index < -0.39 is 6.10 Å². The SMILES string of the molecule is Cc1cc(Cl)cc(C(=O)N2CC(O)CC2CN(C)C)c1. The molecular weight excluding hydrogens is 276 g/mol. The van der Waals surface area contributed by atoms with Gasteiger partial charge in [0.1, 0.15) is 0 Å². The second-order valence-corrected chi connectivity index (χ2v) is 6.22. The lowest BCUT2D eigenvalue weighted by molar-refractivity contribution is 0.0699. The first kappa shape index (κ1) is 15.3. The normalized spacial score (nSPS) is 22.6. The summed E-state index contributed by atoms with van der Waals surface area (Å²) >= 11 is 6.02. The van der Waals surface area contributed by atoms with Crippen molar-refractivity contribution >= 4 is 17.5 Å². The summed E-state index contributed by atoms with van der Waals surface area (Å²) in [5.74, 6) is -0.0565. The number of nitrogens with zero attached hydrogens (tertiary/aromatic N) is 2. The van der Waals surface area contributed by atoms with Crippen molar-refractivity contribution in [2.45, 2.75) is 25.5 Å². The first-order valence-electron chi connectivity index (χ1n) is 6.78. The zero-order valence-corrected chi connectivity index (χ0v) is 12.9. The van der Waals surface area contributed by atoms with Gasteiger partial charge in [-0.1, -0.05) is 11.6 Å². The van der Waals surface area contributed by atoms with Gasteiger partial charge in [-0.05, 0) is 51.2 Å². The molecule has 1 aliphatic rings. The molecule has 0 spiro atoms. The van der Waals surface area contributed by atoms with E-state index in [0.29, 0.717) is 23.6 Å². The van der Waals surface area contributed by atoms with Crippen LogP contribution in [0.1, 0.15) is 22.3 Å². The number of carbonyl (C=O) groups excluding carboxylic acids is 1. The van der Waals surface area contributed by atoms with Crippen molar-refractivity contribution in [3.8, 4) is 0 Å². The highest BCUT2D eigenvalue weighted by Gasteiger charge is 2.34. The summed E-state index contributed by atoms with van der Waals surface area (Å²) in [6.45, 7) is 3.06. The Morgan fingerprint density at radius 1 is 1.45 bits per heavy atom. The molecular formula is C15H21ClN2O2. The lowest BCUT2D eigenvalue weighted by Gasteiger charge is -2.27. The Morgan fingerprint density at radius 3 is 2.75 bits per heavy atom. The van der Waals surface area contributed by atoms with Crippen LogP contribution in [0.2, 0.25) is 5.02 Å². The number of benzene rings is 1. The fraction of sp³-hybridized carbons (Fsp3) is 0.533. The summed E-state index contributed by atoms with van der Waals surface area (Å²) in [4.78, 5) is 16.4. The largest absolute Gasteiger partial charge is 0.391 e. The number of hydrogen-bond donors (Lipinski definition) is 1. The number of carbonyl (C=O) groups is 1. The second-order valence-electron chi connectivity index (χ2n) is 5.78. The molecule has 1 heterocycles. The van der Waals surface area contributed by atoms with E-state index in [9.17, 15) is 9.90 Å². The van der Waals surface area contributed by atoms with E-state index in [-0.39, 0.29) is 11.9 Å². The number of amides is 1. The molecule has 2 atom stereocenters. The summed E-state index contributed by atoms with van der Waals surface area (Å²) in [5.41, 5.74) is 1.55. The van der Waals surface area contributed by atoms with Crippen LogP contribution in [0.25, 0.3) is 0 Å². The van der Waals surface area contributed by atoms with Crippen LogP contribution in [-0.2, 0) is 0 Å². The molecule has 0 bridgehead atoms. The van der Waals surface area contributed by atoms with Gasteiger partial charge in [-0.2, -0.15) is 0 Å². The number of aliphatic hydroxyl groups excluding tert-OH is 1. The number of hydrogen-bond acceptors (Lipinski definition) is 3. The Morgan fingerprint density at radius 2 is 2.15 bits per heavy atom. The third-order valence-electron chi connectivity index (χ3n) is 3.52. The molecule has 4 nitrogen and oxygen atoms in total. The predicted octanol–water partition coefficient (Wildman–Crippen LogP) is 1.79. The lowest BCUT2D eigenvalue weighted by atomic mass is 10.1. The van der Waals surface area contributed by atoms with Crippen molar-refractivity contribution in [2.24, 2.45) is 0 Å². The number of halogens is 1. The maximum atomic E-state index is 12.6. The van der Waals surface area contributed by atoms with E-state index >= 15 is 0 Å². The van der Waals surface area contributed by atoms with E-state index in [4.69, 9.17) is 11.6 Å². The standard InChI is InChI=1S/C15H21ClN2O2/c1-10-4-11(6-12(16)5-10)15(20)18-9-14(19)7-13(18)8-17(2)3/h4-6,13-14,19H,7-9H2,1-3H3. The van der Waals surface area contributed by atoms with E-state index in [0.717, 1.165) is 12.1 Å². The van der Waals surface area contributed by atoms with Crippen LogP contribution in [0.4, 0.5) is 0 Å². The van der Waals surface area contributed by atoms with Gasteiger partial charge in [-0.25, -0.2) is 0 Å². The number of likely N-dealkylation sites (tertiary alicyclic amines) is 1. The Kier molecular flexibility index (Phi) is 4.68. The highest BCUT2D eigenvalue weighted by atomic mass is 35.5. The van der Waals surface area contributed by atoms with Crippen molar-refractivity contribution in [3.05, 3.63) is 34.3 Å². The van der Waals surface area contributed by atoms with E-state index in [1.54, 1.807) is 11.0 Å². The second kappa shape index (κ2) is 6.12. The number of rotatable bonds is 3. The quantitative estimate of drug-likeness (QED) is 0.925. The van der Waals surface area contributed by atoms with Gasteiger partial charge >= 0.3 is 0 Å². The molecule has 1 amide bonds. The molecule has 1 fully saturated rings. The average Bonchev–Trinajstić information content (AvgIpc) is 2.67. The fourth-order valence-electron chi connectivity index (χ4n) is 2.76. The monoisotopic (exact) mass is 296 g/mol. The van der Waals surface area contributed by atoms with Gasteiger partial charge in [0.25, 0.3) is 5.91 Å². The molecule has 110 valence electrons. The van der Waals surface area contributed by atoms with E-state index in [1.807, 2.05) is 38.1 Å². The first-order valence-corrected chi connectivity index (χ1v) is 7.15. The van der Waals surface area contributed by atoms with Gasteiger partial charge < -0.3 is 14.9 Å². The summed E-state index contributed by atoms with van der Waals surface area (Å²) in [7, 11) is 3.94. The highest BCUT2D eigenvalue weighted by Crippen LogP contribution is 2.23. The molecule has 1 N–H and O–H groups in total. The average molecular weight is 297 g/mol. The molecule has 5 heteroatoms. The zero-order valence-electron chi connectivity index (χ0n) is 12.1. The van der Waals surface area contributed by atoms with Crippen molar-refractivity contribution in [1.82, 2.24) is 9.80 Å². The predicted molar refractivity (Wildman–Crippen MR) is 80.2 cm³/mol. The molecule has 0 aliphatic carbocycles. The number of aliphatic hydroxyl groups is 1. The van der Waals surface area contributed by atoms with Crippen molar-refractivity contribution in [2.75, 3.05) is 27.2 Å². The van der Waals surface area contributed by atoms with Crippen LogP contribution in [-0.4, -0.2) is 60.1 Å². The summed E-state index contributed by atoms with van der Waals surface area (Å²) < 4.78 is 0. The molecule has 0 aromatic heterocycles. The fourth-order valence-corrected chi connectivity index (χ4v) is 3.05. The van der Waals surface area contributed by atoms with Crippen LogP contribution < -0.4 is 0 Å². The van der Waals surface area contributed by atoms with Crippen molar-refractivity contribution < 1.29 is 9.90 Å². The maximum Gasteiger partial charge on any atom is 0.254 e. The van der Waals surface area contributed by atoms with Crippen LogP contribution in [0, 0.1) is 6.92 Å². The zero-order chi connectivity index (χ0) is 14.9. The van der Waals surface area contributed by atoms with Crippen LogP contribution >= 0.6 is 11.6 Å². The van der Waals surface area contributed by atoms with Gasteiger partial charge in [0, 0.05) is 29.7 Å². The van der Waals surface area contributed by atoms with Gasteiger partial charge in [0.2, 0.25) is 0 Å². The molecule has 20 heavy (non-hydrogen) atoms. The first-order chi connectivity index (χ1) is 9.36. The van der Waals surface area contributed by atoms with Gasteiger partial charge in [-0.15, -0.1) is 0 Å². The molecule has 2 unspecified atom stereocenters. The number of β-amino-alcohol motifs (C(OH)–C–C–N with tert-alkyl or cyclic N) is 1. The van der Waals surface area contributed by atoms with Crippen LogP contribution in [0.5, 0.6) is 0 Å². The van der Waals surface area contributed by atoms with Gasteiger partial charge in [0.05, 0.1) is 6.10 Å². The summed E-state index contributed by atoms with van der Waals surface area (Å²) in [5, 5.41) is 10.4. The molecule has 1 aromatic carbocycles. The molecule has 1 aromatic rings.